The molecule has 1 aliphatic heterocycles. The Hall–Kier alpha value is -3.35. The lowest BCUT2D eigenvalue weighted by atomic mass is 10.1. The fourth-order valence-electron chi connectivity index (χ4n) is 3.39. The van der Waals surface area contributed by atoms with Crippen LogP contribution in [0.4, 0.5) is 5.69 Å². The number of ether oxygens (including phenoxy) is 2. The molecule has 1 heterocycles. The second kappa shape index (κ2) is 10.8. The van der Waals surface area contributed by atoms with E-state index in [0.717, 1.165) is 19.3 Å². The zero-order valence-corrected chi connectivity index (χ0v) is 18.8. The number of ketones is 1. The van der Waals surface area contributed by atoms with Gasteiger partial charge in [-0.15, -0.1) is 0 Å². The number of rotatable bonds is 10. The van der Waals surface area contributed by atoms with Gasteiger partial charge in [-0.1, -0.05) is 32.4 Å². The van der Waals surface area contributed by atoms with Crippen LogP contribution in [0.25, 0.3) is 0 Å². The van der Waals surface area contributed by atoms with E-state index in [4.69, 9.17) is 9.47 Å². The minimum atomic E-state index is -0.329. The van der Waals surface area contributed by atoms with E-state index in [1.807, 2.05) is 38.1 Å². The van der Waals surface area contributed by atoms with Gasteiger partial charge in [0.15, 0.2) is 19.0 Å². The Labute approximate surface area is 188 Å². The van der Waals surface area contributed by atoms with E-state index >= 15 is 0 Å². The van der Waals surface area contributed by atoms with E-state index in [2.05, 4.69) is 12.2 Å². The summed E-state index contributed by atoms with van der Waals surface area (Å²) in [5.74, 6) is 0.271. The monoisotopic (exact) mass is 438 g/mol. The maximum Gasteiger partial charge on any atom is 0.265 e. The van der Waals surface area contributed by atoms with Crippen molar-refractivity contribution in [3.63, 3.8) is 0 Å². The average Bonchev–Trinajstić information content (AvgIpc) is 2.80. The summed E-state index contributed by atoms with van der Waals surface area (Å²) in [6, 6.07) is 12.6. The minimum Gasteiger partial charge on any atom is -0.485 e. The zero-order chi connectivity index (χ0) is 23.1. The van der Waals surface area contributed by atoms with Crippen LogP contribution in [0.3, 0.4) is 0 Å². The molecule has 7 heteroatoms. The number of carbonyl (C=O) groups is 3. The number of hydrogen-bond acceptors (Lipinski definition) is 5. The van der Waals surface area contributed by atoms with Gasteiger partial charge in [0.1, 0.15) is 18.0 Å². The van der Waals surface area contributed by atoms with Gasteiger partial charge < -0.3 is 14.8 Å². The molecule has 0 aromatic heterocycles. The fourth-order valence-corrected chi connectivity index (χ4v) is 3.39. The van der Waals surface area contributed by atoms with Gasteiger partial charge in [0, 0.05) is 11.6 Å². The highest BCUT2D eigenvalue weighted by Crippen LogP contribution is 2.33. The van der Waals surface area contributed by atoms with Crippen LogP contribution in [-0.4, -0.2) is 43.4 Å². The Bertz CT molecular complexity index is 971. The van der Waals surface area contributed by atoms with E-state index in [0.29, 0.717) is 22.7 Å². The van der Waals surface area contributed by atoms with Gasteiger partial charge in [-0.3, -0.25) is 19.3 Å². The van der Waals surface area contributed by atoms with Gasteiger partial charge in [-0.2, -0.15) is 0 Å². The molecule has 1 aliphatic rings. The van der Waals surface area contributed by atoms with Crippen LogP contribution in [0, 0.1) is 0 Å². The quantitative estimate of drug-likeness (QED) is 0.574. The summed E-state index contributed by atoms with van der Waals surface area (Å²) in [4.78, 5) is 38.9. The third-order valence-corrected chi connectivity index (χ3v) is 5.38. The molecular weight excluding hydrogens is 408 g/mol. The number of Topliss-reactive ketones (excluding diaryl/α,β-unsaturated/α-hetero) is 1. The SMILES string of the molecule is CCCc1ccc(OCC(=O)c2ccc3c(c2)N(CC(=O)NC(C)CC)C(=O)CO3)cc1. The van der Waals surface area contributed by atoms with Crippen LogP contribution in [0.2, 0.25) is 0 Å². The third kappa shape index (κ3) is 5.87. The highest BCUT2D eigenvalue weighted by Gasteiger charge is 2.28. The largest absolute Gasteiger partial charge is 0.485 e. The van der Waals surface area contributed by atoms with Crippen molar-refractivity contribution in [2.45, 2.75) is 46.1 Å². The molecule has 0 radical (unpaired) electrons. The number of aryl methyl sites for hydroxylation is 1. The van der Waals surface area contributed by atoms with E-state index < -0.39 is 0 Å². The molecular formula is C25H30N2O5. The summed E-state index contributed by atoms with van der Waals surface area (Å²) >= 11 is 0. The van der Waals surface area contributed by atoms with Crippen molar-refractivity contribution in [1.29, 1.82) is 0 Å². The number of hydrogen-bond donors (Lipinski definition) is 1. The highest BCUT2D eigenvalue weighted by atomic mass is 16.5. The maximum absolute atomic E-state index is 12.7. The Morgan fingerprint density at radius 2 is 1.91 bits per heavy atom. The summed E-state index contributed by atoms with van der Waals surface area (Å²) in [5, 5.41) is 2.86. The second-order valence-electron chi connectivity index (χ2n) is 7.93. The van der Waals surface area contributed by atoms with Gasteiger partial charge in [0.25, 0.3) is 5.91 Å². The maximum atomic E-state index is 12.7. The van der Waals surface area contributed by atoms with Gasteiger partial charge in [0.2, 0.25) is 5.91 Å². The summed E-state index contributed by atoms with van der Waals surface area (Å²) < 4.78 is 11.1. The molecule has 7 nitrogen and oxygen atoms in total. The van der Waals surface area contributed by atoms with Crippen LogP contribution < -0.4 is 19.7 Å². The zero-order valence-electron chi connectivity index (χ0n) is 18.8. The Balaban J connectivity index is 1.69. The first-order valence-corrected chi connectivity index (χ1v) is 11.0. The van der Waals surface area contributed by atoms with Gasteiger partial charge >= 0.3 is 0 Å². The Morgan fingerprint density at radius 1 is 1.16 bits per heavy atom. The molecule has 1 N–H and O–H groups in total. The molecule has 3 rings (SSSR count). The number of nitrogens with zero attached hydrogens (tertiary/aromatic N) is 1. The highest BCUT2D eigenvalue weighted by molar-refractivity contribution is 6.04. The topological polar surface area (TPSA) is 84.9 Å². The Morgan fingerprint density at radius 3 is 2.59 bits per heavy atom. The number of benzene rings is 2. The third-order valence-electron chi connectivity index (χ3n) is 5.38. The number of fused-ring (bicyclic) bond motifs is 1. The molecule has 1 atom stereocenters. The van der Waals surface area contributed by atoms with E-state index in [1.54, 1.807) is 18.2 Å². The van der Waals surface area contributed by atoms with E-state index in [1.165, 1.54) is 10.5 Å². The molecule has 0 spiro atoms. The summed E-state index contributed by atoms with van der Waals surface area (Å²) in [6.45, 7) is 5.60. The molecule has 170 valence electrons. The van der Waals surface area contributed by atoms with Gasteiger partial charge in [-0.25, -0.2) is 0 Å². The van der Waals surface area contributed by atoms with Gasteiger partial charge in [0.05, 0.1) is 5.69 Å². The predicted octanol–water partition coefficient (Wildman–Crippen LogP) is 3.54. The van der Waals surface area contributed by atoms with Crippen LogP contribution in [0.1, 0.15) is 49.5 Å². The van der Waals surface area contributed by atoms with Crippen molar-refractivity contribution in [2.75, 3.05) is 24.7 Å². The van der Waals surface area contributed by atoms with Crippen molar-refractivity contribution in [2.24, 2.45) is 0 Å². The van der Waals surface area contributed by atoms with E-state index in [9.17, 15) is 14.4 Å². The second-order valence-corrected chi connectivity index (χ2v) is 7.93. The summed E-state index contributed by atoms with van der Waals surface area (Å²) in [7, 11) is 0. The number of nitrogens with one attached hydrogen (secondary N) is 1. The van der Waals surface area contributed by atoms with Gasteiger partial charge in [-0.05, 0) is 55.7 Å². The lowest BCUT2D eigenvalue weighted by Crippen LogP contribution is -2.46. The number of carbonyl (C=O) groups excluding carboxylic acids is 3. The number of anilines is 1. The fraction of sp³-hybridized carbons (Fsp3) is 0.400. The standard InChI is InChI=1S/C25H30N2O5/c1-4-6-18-7-10-20(11-8-18)31-15-22(28)19-9-12-23-21(13-19)27(25(30)16-32-23)14-24(29)26-17(3)5-2/h7-13,17H,4-6,14-16H2,1-3H3,(H,26,29). The smallest absolute Gasteiger partial charge is 0.265 e. The minimum absolute atomic E-state index is 0.0132. The van der Waals surface area contributed by atoms with Crippen LogP contribution in [0.5, 0.6) is 11.5 Å². The van der Waals surface area contributed by atoms with Crippen molar-refractivity contribution >= 4 is 23.3 Å². The van der Waals surface area contributed by atoms with Crippen molar-refractivity contribution < 1.29 is 23.9 Å². The van der Waals surface area contributed by atoms with Crippen molar-refractivity contribution in [3.05, 3.63) is 53.6 Å². The molecule has 0 fully saturated rings. The molecule has 0 aliphatic carbocycles. The first-order valence-electron chi connectivity index (χ1n) is 11.0. The van der Waals surface area contributed by atoms with Crippen LogP contribution in [0.15, 0.2) is 42.5 Å². The molecule has 2 aromatic rings. The molecule has 0 saturated heterocycles. The van der Waals surface area contributed by atoms with Crippen molar-refractivity contribution in [3.8, 4) is 11.5 Å². The molecule has 2 aromatic carbocycles. The summed E-state index contributed by atoms with van der Waals surface area (Å²) in [5.41, 5.74) is 2.02. The molecule has 0 saturated carbocycles. The Kier molecular flexibility index (Phi) is 7.87. The molecule has 1 unspecified atom stereocenters. The van der Waals surface area contributed by atoms with E-state index in [-0.39, 0.29) is 43.4 Å². The number of amides is 2. The predicted molar refractivity (Wildman–Crippen MR) is 122 cm³/mol. The molecule has 0 bridgehead atoms. The lowest BCUT2D eigenvalue weighted by Gasteiger charge is -2.29. The molecule has 2 amide bonds. The summed E-state index contributed by atoms with van der Waals surface area (Å²) in [6.07, 6.45) is 2.86. The van der Waals surface area contributed by atoms with Crippen LogP contribution in [-0.2, 0) is 16.0 Å². The first kappa shape index (κ1) is 23.3. The normalized spacial score (nSPS) is 13.7. The average molecular weight is 439 g/mol. The lowest BCUT2D eigenvalue weighted by molar-refractivity contribution is -0.125. The first-order chi connectivity index (χ1) is 15.4. The van der Waals surface area contributed by atoms with Crippen molar-refractivity contribution in [1.82, 2.24) is 5.32 Å². The molecule has 32 heavy (non-hydrogen) atoms. The van der Waals surface area contributed by atoms with Crippen LogP contribution >= 0.6 is 0 Å².